The Morgan fingerprint density at radius 3 is 2.44 bits per heavy atom. The molecule has 10 heteroatoms. The van der Waals surface area contributed by atoms with Crippen LogP contribution in [-0.2, 0) is 6.54 Å². The summed E-state index contributed by atoms with van der Waals surface area (Å²) in [5, 5.41) is 6.42. The van der Waals surface area contributed by atoms with Gasteiger partial charge in [0.2, 0.25) is 5.88 Å². The van der Waals surface area contributed by atoms with Crippen molar-refractivity contribution in [2.75, 3.05) is 18.4 Å². The third-order valence-electron chi connectivity index (χ3n) is 9.01. The molecule has 3 aromatic rings. The molecule has 9 nitrogen and oxygen atoms in total. The number of halogens is 1. The molecule has 2 aromatic heterocycles. The molecule has 2 saturated carbocycles. The van der Waals surface area contributed by atoms with Crippen LogP contribution < -0.4 is 20.9 Å². The Balaban J connectivity index is 1.31. The Morgan fingerprint density at radius 2 is 1.80 bits per heavy atom. The standard InChI is InChI=1S/C35H42FN5O4/c1-20(2)45-32-15-25(28-11-8-21(3)12-29(28)34(43)40-18-26(36)19-40)14-31(38-32)39-33(42)30-13-23(16-37-22(4)24-6-5-7-24)17-41(35(30)44)27-9-10-27/h8,11-15,17,20,22,24,26-27,37H,5-7,9-10,16,18-19H2,1-4H3,(H,38,39,42)/t22-/m0/s1. The first-order valence-corrected chi connectivity index (χ1v) is 16.1. The lowest BCUT2D eigenvalue weighted by atomic mass is 9.80. The largest absolute Gasteiger partial charge is 0.475 e. The van der Waals surface area contributed by atoms with Crippen molar-refractivity contribution < 1.29 is 18.7 Å². The molecule has 6 rings (SSSR count). The van der Waals surface area contributed by atoms with Crippen LogP contribution in [0.15, 0.2) is 47.4 Å². The minimum Gasteiger partial charge on any atom is -0.475 e. The number of nitrogens with zero attached hydrogens (tertiary/aromatic N) is 3. The molecule has 1 aliphatic heterocycles. The number of hydrogen-bond acceptors (Lipinski definition) is 6. The highest BCUT2D eigenvalue weighted by molar-refractivity contribution is 6.05. The number of alkyl halides is 1. The number of amides is 2. The van der Waals surface area contributed by atoms with Crippen molar-refractivity contribution in [2.45, 2.75) is 90.7 Å². The summed E-state index contributed by atoms with van der Waals surface area (Å²) in [6, 6.07) is 11.1. The van der Waals surface area contributed by atoms with Crippen molar-refractivity contribution in [3.8, 4) is 17.0 Å². The Kier molecular flexibility index (Phi) is 8.77. The first kappa shape index (κ1) is 31.0. The number of benzene rings is 1. The van der Waals surface area contributed by atoms with Gasteiger partial charge in [-0.2, -0.15) is 4.98 Å². The van der Waals surface area contributed by atoms with E-state index in [1.54, 1.807) is 28.8 Å². The zero-order chi connectivity index (χ0) is 31.8. The second-order valence-corrected chi connectivity index (χ2v) is 13.1. The summed E-state index contributed by atoms with van der Waals surface area (Å²) in [5.74, 6) is 0.313. The highest BCUT2D eigenvalue weighted by Crippen LogP contribution is 2.35. The summed E-state index contributed by atoms with van der Waals surface area (Å²) in [4.78, 5) is 46.6. The van der Waals surface area contributed by atoms with Gasteiger partial charge in [-0.05, 0) is 94.2 Å². The van der Waals surface area contributed by atoms with Crippen molar-refractivity contribution >= 4 is 17.6 Å². The predicted molar refractivity (Wildman–Crippen MR) is 172 cm³/mol. The quantitative estimate of drug-likeness (QED) is 0.288. The number of pyridine rings is 2. The molecule has 3 aliphatic rings. The van der Waals surface area contributed by atoms with Gasteiger partial charge in [0, 0.05) is 36.5 Å². The van der Waals surface area contributed by atoms with Crippen LogP contribution in [0, 0.1) is 12.8 Å². The number of likely N-dealkylation sites (tertiary alicyclic amines) is 1. The minimum atomic E-state index is -1.01. The highest BCUT2D eigenvalue weighted by atomic mass is 19.1. The number of ether oxygens (including phenoxy) is 1. The molecule has 1 aromatic carbocycles. The SMILES string of the molecule is Cc1ccc(-c2cc(NC(=O)c3cc(CN[C@@H](C)C4CCC4)cn(C4CC4)c3=O)nc(OC(C)C)c2)c(C(=O)N2CC(F)C2)c1. The van der Waals surface area contributed by atoms with E-state index in [1.807, 2.05) is 39.1 Å². The zero-order valence-corrected chi connectivity index (χ0v) is 26.4. The molecule has 1 saturated heterocycles. The zero-order valence-electron chi connectivity index (χ0n) is 26.4. The van der Waals surface area contributed by atoms with Gasteiger partial charge in [-0.15, -0.1) is 0 Å². The summed E-state index contributed by atoms with van der Waals surface area (Å²) < 4.78 is 21.2. The number of hydrogen-bond donors (Lipinski definition) is 2. The second kappa shape index (κ2) is 12.7. The Labute approximate surface area is 263 Å². The van der Waals surface area contributed by atoms with Gasteiger partial charge in [-0.3, -0.25) is 14.4 Å². The average Bonchev–Trinajstić information content (AvgIpc) is 3.78. The molecule has 3 fully saturated rings. The van der Waals surface area contributed by atoms with Crippen molar-refractivity contribution in [3.05, 3.63) is 75.2 Å². The fourth-order valence-corrected chi connectivity index (χ4v) is 5.99. The molecular weight excluding hydrogens is 573 g/mol. The molecule has 0 radical (unpaired) electrons. The van der Waals surface area contributed by atoms with Gasteiger partial charge in [-0.1, -0.05) is 24.1 Å². The van der Waals surface area contributed by atoms with Crippen molar-refractivity contribution in [1.82, 2.24) is 19.8 Å². The number of carbonyl (C=O) groups excluding carboxylic acids is 2. The fourth-order valence-electron chi connectivity index (χ4n) is 5.99. The Bertz CT molecular complexity index is 1660. The van der Waals surface area contributed by atoms with Crippen LogP contribution in [0.3, 0.4) is 0 Å². The van der Waals surface area contributed by atoms with Gasteiger partial charge in [0.15, 0.2) is 0 Å². The third-order valence-corrected chi connectivity index (χ3v) is 9.01. The number of anilines is 1. The van der Waals surface area contributed by atoms with Crippen LogP contribution in [0.2, 0.25) is 0 Å². The van der Waals surface area contributed by atoms with E-state index < -0.39 is 12.1 Å². The van der Waals surface area contributed by atoms with E-state index in [0.717, 1.165) is 24.0 Å². The van der Waals surface area contributed by atoms with Crippen LogP contribution >= 0.6 is 0 Å². The summed E-state index contributed by atoms with van der Waals surface area (Å²) in [6.45, 7) is 8.53. The maximum absolute atomic E-state index is 13.7. The number of rotatable bonds is 11. The molecule has 45 heavy (non-hydrogen) atoms. The molecule has 1 atom stereocenters. The van der Waals surface area contributed by atoms with E-state index in [9.17, 15) is 18.8 Å². The van der Waals surface area contributed by atoms with Crippen molar-refractivity contribution in [3.63, 3.8) is 0 Å². The Morgan fingerprint density at radius 1 is 1.04 bits per heavy atom. The van der Waals surface area contributed by atoms with Crippen molar-refractivity contribution in [2.24, 2.45) is 5.92 Å². The summed E-state index contributed by atoms with van der Waals surface area (Å²) in [7, 11) is 0. The normalized spacial score (nSPS) is 17.5. The predicted octanol–water partition coefficient (Wildman–Crippen LogP) is 5.67. The van der Waals surface area contributed by atoms with Gasteiger partial charge in [-0.25, -0.2) is 4.39 Å². The van der Waals surface area contributed by atoms with E-state index in [2.05, 4.69) is 22.5 Å². The summed E-state index contributed by atoms with van der Waals surface area (Å²) in [5.41, 5.74) is 3.16. The first-order valence-electron chi connectivity index (χ1n) is 16.1. The van der Waals surface area contributed by atoms with Gasteiger partial charge in [0.05, 0.1) is 19.2 Å². The topological polar surface area (TPSA) is 106 Å². The summed E-state index contributed by atoms with van der Waals surface area (Å²) >= 11 is 0. The monoisotopic (exact) mass is 615 g/mol. The highest BCUT2D eigenvalue weighted by Gasteiger charge is 2.33. The fraction of sp³-hybridized carbons (Fsp3) is 0.486. The number of aromatic nitrogens is 2. The van der Waals surface area contributed by atoms with Crippen LogP contribution in [0.5, 0.6) is 5.88 Å². The minimum absolute atomic E-state index is 0.0563. The van der Waals surface area contributed by atoms with Gasteiger partial charge < -0.3 is 24.8 Å². The molecule has 0 unspecified atom stereocenters. The average molecular weight is 616 g/mol. The third kappa shape index (κ3) is 6.96. The lowest BCUT2D eigenvalue weighted by Gasteiger charge is -2.34. The van der Waals surface area contributed by atoms with Crippen LogP contribution in [-0.4, -0.2) is 57.7 Å². The first-order chi connectivity index (χ1) is 21.5. The molecule has 2 aliphatic carbocycles. The molecule has 2 amide bonds. The maximum Gasteiger partial charge on any atom is 0.263 e. The number of nitrogens with one attached hydrogen (secondary N) is 2. The molecule has 2 N–H and O–H groups in total. The van der Waals surface area contributed by atoms with Gasteiger partial charge in [0.1, 0.15) is 17.6 Å². The van der Waals surface area contributed by atoms with Crippen LogP contribution in [0.1, 0.15) is 90.8 Å². The number of aryl methyl sites for hydroxylation is 1. The van der Waals surface area contributed by atoms with E-state index >= 15 is 0 Å². The molecule has 0 bridgehead atoms. The van der Waals surface area contributed by atoms with E-state index in [0.29, 0.717) is 35.2 Å². The maximum atomic E-state index is 13.7. The van der Waals surface area contributed by atoms with Crippen LogP contribution in [0.25, 0.3) is 11.1 Å². The molecule has 238 valence electrons. The van der Waals surface area contributed by atoms with E-state index in [-0.39, 0.29) is 54.0 Å². The smallest absolute Gasteiger partial charge is 0.263 e. The second-order valence-electron chi connectivity index (χ2n) is 13.1. The van der Waals surface area contributed by atoms with Crippen LogP contribution in [0.4, 0.5) is 10.2 Å². The lowest BCUT2D eigenvalue weighted by Crippen LogP contribution is -2.51. The van der Waals surface area contributed by atoms with E-state index in [4.69, 9.17) is 4.74 Å². The van der Waals surface area contributed by atoms with Gasteiger partial charge >= 0.3 is 0 Å². The summed E-state index contributed by atoms with van der Waals surface area (Å²) in [6.07, 6.45) is 6.22. The molecule has 3 heterocycles. The number of carbonyl (C=O) groups is 2. The molecular formula is C35H42FN5O4. The van der Waals surface area contributed by atoms with Crippen molar-refractivity contribution in [1.29, 1.82) is 0 Å². The molecule has 0 spiro atoms. The van der Waals surface area contributed by atoms with Gasteiger partial charge in [0.25, 0.3) is 17.4 Å². The Hall–Kier alpha value is -4.05. The van der Waals surface area contributed by atoms with E-state index in [1.165, 1.54) is 24.2 Å². The lowest BCUT2D eigenvalue weighted by molar-refractivity contribution is 0.0401.